The molecule has 2 fully saturated rings. The van der Waals surface area contributed by atoms with E-state index in [1.165, 1.54) is 28.3 Å². The van der Waals surface area contributed by atoms with Crippen LogP contribution in [-0.2, 0) is 52.8 Å². The molecule has 0 saturated carbocycles. The molecule has 0 radical (unpaired) electrons. The summed E-state index contributed by atoms with van der Waals surface area (Å²) in [7, 11) is 6.80. The van der Waals surface area contributed by atoms with Gasteiger partial charge in [-0.2, -0.15) is 0 Å². The van der Waals surface area contributed by atoms with Crippen LogP contribution in [0.3, 0.4) is 0 Å². The lowest BCUT2D eigenvalue weighted by atomic mass is 9.84. The molecular formula is C54H72FN9O7S. The number of ether oxygens (including phenoxy) is 2. The maximum atomic E-state index is 16.7. The quantitative estimate of drug-likeness (QED) is 0.134. The molecule has 6 heterocycles. The molecular weight excluding hydrogens is 938 g/mol. The minimum Gasteiger partial charge on any atom is -0.464 e. The molecule has 3 aliphatic heterocycles. The number of nitrogens with zero attached hydrogens (tertiary/aromatic N) is 7. The van der Waals surface area contributed by atoms with Gasteiger partial charge < -0.3 is 29.2 Å². The van der Waals surface area contributed by atoms with E-state index >= 15 is 4.39 Å². The van der Waals surface area contributed by atoms with Crippen LogP contribution in [0.25, 0.3) is 33.4 Å². The summed E-state index contributed by atoms with van der Waals surface area (Å²) in [5.41, 5.74) is 6.11. The van der Waals surface area contributed by atoms with Gasteiger partial charge in [-0.1, -0.05) is 39.7 Å². The van der Waals surface area contributed by atoms with Crippen molar-refractivity contribution in [2.75, 3.05) is 54.5 Å². The summed E-state index contributed by atoms with van der Waals surface area (Å²) in [6, 6.07) is 7.11. The second-order valence-electron chi connectivity index (χ2n) is 21.3. The molecule has 0 unspecified atom stereocenters. The molecule has 2 saturated heterocycles. The van der Waals surface area contributed by atoms with E-state index in [2.05, 4.69) is 66.1 Å². The van der Waals surface area contributed by atoms with Crippen LogP contribution in [0.2, 0.25) is 0 Å². The monoisotopic (exact) mass is 1010 g/mol. The van der Waals surface area contributed by atoms with Crippen LogP contribution in [0.5, 0.6) is 0 Å². The Kier molecular flexibility index (Phi) is 16.3. The number of alkyl halides is 1. The van der Waals surface area contributed by atoms with E-state index in [1.54, 1.807) is 27.2 Å². The molecule has 4 aromatic rings. The highest BCUT2D eigenvalue weighted by Gasteiger charge is 2.47. The standard InChI is InChI=1S/C54H72FN9O7S/c1-13-63-42-19-18-35-28-37(42)38(47(63)36-16-14-24-56-45(36)34(4)70-12)30-52(5,6)32-71-50(68)39-17-15-25-64(59-39)49(67)40(29-43-57-41(35)31-72-43)58-48(66)46(33(2)3)61(11)51(69)54(55)22-26-62(27-23-54)44(65)20-21-53(7,8)60(9)10/h14,16,18-19,24,28,31,33-34,39-40,46,59H,13,15,17,22-23,25-27,29-30,32H2,1-12H3,(H,58,66)/t34-,39-,40-,46-/m0/s1. The molecule has 6 bridgehead atoms. The van der Waals surface area contributed by atoms with Crippen molar-refractivity contribution in [3.8, 4) is 34.4 Å². The van der Waals surface area contributed by atoms with Crippen LogP contribution in [-0.4, -0.2) is 148 Å². The molecule has 7 rings (SSSR count). The Morgan fingerprint density at radius 1 is 1.10 bits per heavy atom. The van der Waals surface area contributed by atoms with E-state index in [4.69, 9.17) is 19.4 Å². The number of likely N-dealkylation sites (tertiary alicyclic amines) is 1. The number of aromatic nitrogens is 3. The number of hydrazine groups is 1. The Balaban J connectivity index is 1.20. The molecule has 16 nitrogen and oxygen atoms in total. The fourth-order valence-corrected chi connectivity index (χ4v) is 10.7. The molecule has 1 aromatic carbocycles. The van der Waals surface area contributed by atoms with Crippen molar-refractivity contribution in [1.82, 2.24) is 45.0 Å². The summed E-state index contributed by atoms with van der Waals surface area (Å²) >= 11 is 1.36. The number of benzene rings is 1. The number of hydrogen-bond donors (Lipinski definition) is 2. The third kappa shape index (κ3) is 11.4. The maximum Gasteiger partial charge on any atom is 0.324 e. The van der Waals surface area contributed by atoms with Gasteiger partial charge in [-0.05, 0) is 103 Å². The van der Waals surface area contributed by atoms with E-state index in [0.29, 0.717) is 36.5 Å². The number of amides is 4. The van der Waals surface area contributed by atoms with Crippen LogP contribution in [0, 0.1) is 23.2 Å². The van der Waals surface area contributed by atoms with Crippen LogP contribution in [0.15, 0.2) is 41.9 Å². The third-order valence-corrected chi connectivity index (χ3v) is 15.5. The number of methoxy groups -OCH3 is 1. The summed E-state index contributed by atoms with van der Waals surface area (Å²) in [4.78, 5) is 84.7. The SMILES string of the molecule is CCn1c(-c2cccnc2[C@H](C)OC)c2c3cc(ccc31)-c1csc(n1)C[C@H](NC(=O)[C@H](C(C)C)N(C)C(=O)C1(F)CCN(C(=O)C#CC(C)(C)N(C)C)CC1)C(=O)N1CCC[C@H](N1)C(=O)OCC(C)(C)C2. The van der Waals surface area contributed by atoms with Gasteiger partial charge in [-0.15, -0.1) is 11.3 Å². The summed E-state index contributed by atoms with van der Waals surface area (Å²) < 4.78 is 31.0. The minimum absolute atomic E-state index is 0.00392. The number of piperidine rings is 1. The molecule has 4 amide bonds. The van der Waals surface area contributed by atoms with Crippen LogP contribution >= 0.6 is 11.3 Å². The number of cyclic esters (lactones) is 1. The molecule has 3 aliphatic rings. The first-order valence-electron chi connectivity index (χ1n) is 25.1. The van der Waals surface area contributed by atoms with Crippen molar-refractivity contribution in [3.05, 3.63) is 58.2 Å². The molecule has 2 N–H and O–H groups in total. The number of likely N-dealkylation sites (N-methyl/N-ethyl adjacent to an activating group) is 1. The molecule has 388 valence electrons. The fraction of sp³-hybridized carbons (Fsp3) is 0.574. The largest absolute Gasteiger partial charge is 0.464 e. The van der Waals surface area contributed by atoms with Gasteiger partial charge in [0.2, 0.25) is 5.91 Å². The topological polar surface area (TPSA) is 172 Å². The summed E-state index contributed by atoms with van der Waals surface area (Å²) in [5.74, 6) is 2.21. The first-order valence-corrected chi connectivity index (χ1v) is 25.9. The molecule has 0 aliphatic carbocycles. The zero-order chi connectivity index (χ0) is 52.4. The van der Waals surface area contributed by atoms with E-state index in [-0.39, 0.29) is 51.6 Å². The lowest BCUT2D eigenvalue weighted by Crippen LogP contribution is -2.63. The highest BCUT2D eigenvalue weighted by Crippen LogP contribution is 2.42. The molecule has 4 atom stereocenters. The number of hydrogen-bond acceptors (Lipinski definition) is 12. The van der Waals surface area contributed by atoms with Gasteiger partial charge >= 0.3 is 5.97 Å². The average Bonchev–Trinajstić information content (AvgIpc) is 3.95. The number of carbonyl (C=O) groups excluding carboxylic acids is 5. The van der Waals surface area contributed by atoms with Gasteiger partial charge in [0.15, 0.2) is 5.67 Å². The predicted octanol–water partition coefficient (Wildman–Crippen LogP) is 6.36. The Labute approximate surface area is 427 Å². The van der Waals surface area contributed by atoms with Crippen molar-refractivity contribution in [2.24, 2.45) is 11.3 Å². The van der Waals surface area contributed by atoms with Gasteiger partial charge in [-0.3, -0.25) is 38.9 Å². The van der Waals surface area contributed by atoms with E-state index in [9.17, 15) is 24.0 Å². The zero-order valence-electron chi connectivity index (χ0n) is 44.0. The summed E-state index contributed by atoms with van der Waals surface area (Å²) in [6.45, 7) is 16.5. The zero-order valence-corrected chi connectivity index (χ0v) is 44.8. The second kappa shape index (κ2) is 21.8. The first-order chi connectivity index (χ1) is 34.0. The number of pyridine rings is 1. The lowest BCUT2D eigenvalue weighted by molar-refractivity contribution is -0.156. The lowest BCUT2D eigenvalue weighted by Gasteiger charge is -2.40. The Bertz CT molecular complexity index is 2750. The van der Waals surface area contributed by atoms with Gasteiger partial charge in [0, 0.05) is 98.6 Å². The van der Waals surface area contributed by atoms with Crippen molar-refractivity contribution in [2.45, 2.75) is 136 Å². The van der Waals surface area contributed by atoms with Crippen molar-refractivity contribution >= 4 is 51.8 Å². The van der Waals surface area contributed by atoms with Crippen molar-refractivity contribution in [3.63, 3.8) is 0 Å². The number of carbonyl (C=O) groups is 5. The minimum atomic E-state index is -2.34. The fourth-order valence-electron chi connectivity index (χ4n) is 9.86. The van der Waals surface area contributed by atoms with Crippen LogP contribution in [0.4, 0.5) is 4.39 Å². The average molecular weight is 1010 g/mol. The molecule has 3 aromatic heterocycles. The predicted molar refractivity (Wildman–Crippen MR) is 276 cm³/mol. The number of aryl methyl sites for hydroxylation is 1. The van der Waals surface area contributed by atoms with Crippen LogP contribution < -0.4 is 10.7 Å². The molecule has 72 heavy (non-hydrogen) atoms. The molecule has 18 heteroatoms. The Hall–Kier alpha value is -5.74. The third-order valence-electron chi connectivity index (χ3n) is 14.6. The number of esters is 1. The Morgan fingerprint density at radius 2 is 1.82 bits per heavy atom. The smallest absolute Gasteiger partial charge is 0.324 e. The first kappa shape index (κ1) is 54.0. The van der Waals surface area contributed by atoms with E-state index < -0.39 is 70.3 Å². The van der Waals surface area contributed by atoms with E-state index in [1.807, 2.05) is 57.3 Å². The number of fused-ring (bicyclic) bond motifs is 6. The maximum absolute atomic E-state index is 16.7. The Morgan fingerprint density at radius 3 is 2.49 bits per heavy atom. The normalized spacial score (nSPS) is 20.3. The van der Waals surface area contributed by atoms with Gasteiger partial charge in [0.25, 0.3) is 17.7 Å². The van der Waals surface area contributed by atoms with Crippen molar-refractivity contribution < 1.29 is 37.8 Å². The van der Waals surface area contributed by atoms with Gasteiger partial charge in [0.05, 0.1) is 40.3 Å². The summed E-state index contributed by atoms with van der Waals surface area (Å²) in [5, 5.41) is 7.85. The number of thiazole rings is 1. The van der Waals surface area contributed by atoms with E-state index in [0.717, 1.165) is 43.9 Å². The molecule has 0 spiro atoms. The van der Waals surface area contributed by atoms with Crippen LogP contribution in [0.1, 0.15) is 103 Å². The summed E-state index contributed by atoms with van der Waals surface area (Å²) in [6.07, 6.45) is 2.44. The highest BCUT2D eigenvalue weighted by molar-refractivity contribution is 7.10. The van der Waals surface area contributed by atoms with Gasteiger partial charge in [-0.25, -0.2) is 14.8 Å². The van der Waals surface area contributed by atoms with Crippen molar-refractivity contribution in [1.29, 1.82) is 0 Å². The number of rotatable bonds is 10. The number of nitrogens with one attached hydrogen (secondary N) is 2. The van der Waals surface area contributed by atoms with Gasteiger partial charge in [0.1, 0.15) is 18.1 Å². The highest BCUT2D eigenvalue weighted by atomic mass is 32.1. The second-order valence-corrected chi connectivity index (χ2v) is 22.3. The number of halogens is 1.